The lowest BCUT2D eigenvalue weighted by Crippen LogP contribution is -2.23. The van der Waals surface area contributed by atoms with Gasteiger partial charge in [0.05, 0.1) is 19.5 Å². The fraction of sp³-hybridized carbons (Fsp3) is 0.346. The second-order valence-corrected chi connectivity index (χ2v) is 8.44. The molecule has 0 aliphatic carbocycles. The highest BCUT2D eigenvalue weighted by Crippen LogP contribution is 2.40. The summed E-state index contributed by atoms with van der Waals surface area (Å²) >= 11 is 6.05. The third-order valence-electron chi connectivity index (χ3n) is 5.25. The number of fused-ring (bicyclic) bond motifs is 1. The monoisotopic (exact) mass is 455 g/mol. The SMILES string of the molecule is COc1c(/C(C)=C/C(=O)NCCCOC(C)C)cc2c(-c3ccc(Cl)cc3)coc2c1C. The van der Waals surface area contributed by atoms with E-state index in [0.29, 0.717) is 23.9 Å². The van der Waals surface area contributed by atoms with E-state index in [0.717, 1.165) is 45.2 Å². The lowest BCUT2D eigenvalue weighted by atomic mass is 9.96. The summed E-state index contributed by atoms with van der Waals surface area (Å²) < 4.78 is 17.1. The number of rotatable bonds is 9. The summed E-state index contributed by atoms with van der Waals surface area (Å²) in [5.41, 5.74) is 5.29. The van der Waals surface area contributed by atoms with Gasteiger partial charge in [-0.05, 0) is 63.5 Å². The second-order valence-electron chi connectivity index (χ2n) is 8.01. The summed E-state index contributed by atoms with van der Waals surface area (Å²) in [6, 6.07) is 9.66. The number of allylic oxidation sites excluding steroid dienone is 1. The van der Waals surface area contributed by atoms with Gasteiger partial charge >= 0.3 is 0 Å². The lowest BCUT2D eigenvalue weighted by Gasteiger charge is -2.13. The molecule has 3 aromatic rings. The van der Waals surface area contributed by atoms with Gasteiger partial charge in [0.2, 0.25) is 5.91 Å². The molecule has 5 nitrogen and oxygen atoms in total. The topological polar surface area (TPSA) is 60.7 Å². The molecule has 0 unspecified atom stereocenters. The Morgan fingerprint density at radius 1 is 1.25 bits per heavy atom. The largest absolute Gasteiger partial charge is 0.496 e. The summed E-state index contributed by atoms with van der Waals surface area (Å²) in [6.07, 6.45) is 4.31. The molecule has 0 saturated heterocycles. The predicted molar refractivity (Wildman–Crippen MR) is 130 cm³/mol. The van der Waals surface area contributed by atoms with Crippen LogP contribution in [0.3, 0.4) is 0 Å². The fourth-order valence-corrected chi connectivity index (χ4v) is 3.78. The molecule has 0 fully saturated rings. The van der Waals surface area contributed by atoms with E-state index in [1.807, 2.05) is 58.0 Å². The standard InChI is InChI=1S/C26H30ClNO4/c1-16(2)31-12-6-11-28-24(29)13-17(3)21-14-22-23(19-7-9-20(27)10-8-19)15-32-26(22)18(4)25(21)30-5/h7-10,13-16H,6,11-12H2,1-5H3,(H,28,29)/b17-13+. The molecular formula is C26H30ClNO4. The second kappa shape index (κ2) is 10.7. The first-order valence-electron chi connectivity index (χ1n) is 10.7. The minimum absolute atomic E-state index is 0.142. The van der Waals surface area contributed by atoms with Gasteiger partial charge in [0.25, 0.3) is 0 Å². The Balaban J connectivity index is 1.89. The minimum Gasteiger partial charge on any atom is -0.496 e. The van der Waals surface area contributed by atoms with Gasteiger partial charge in [-0.25, -0.2) is 0 Å². The van der Waals surface area contributed by atoms with Crippen molar-refractivity contribution in [3.8, 4) is 16.9 Å². The van der Waals surface area contributed by atoms with Crippen molar-refractivity contribution in [2.75, 3.05) is 20.3 Å². The van der Waals surface area contributed by atoms with Gasteiger partial charge in [0.1, 0.15) is 11.3 Å². The van der Waals surface area contributed by atoms with Crippen molar-refractivity contribution in [2.45, 2.75) is 40.2 Å². The molecule has 32 heavy (non-hydrogen) atoms. The van der Waals surface area contributed by atoms with Crippen LogP contribution in [0.4, 0.5) is 0 Å². The van der Waals surface area contributed by atoms with Crippen LogP contribution in [0.25, 0.3) is 27.7 Å². The molecule has 3 rings (SSSR count). The zero-order valence-corrected chi connectivity index (χ0v) is 20.0. The normalized spacial score (nSPS) is 11.9. The molecule has 0 saturated carbocycles. The first-order chi connectivity index (χ1) is 15.3. The molecule has 0 radical (unpaired) electrons. The molecule has 0 aliphatic rings. The molecule has 1 heterocycles. The van der Waals surface area contributed by atoms with Crippen LogP contribution in [0.1, 0.15) is 38.3 Å². The van der Waals surface area contributed by atoms with Gasteiger partial charge in [-0.2, -0.15) is 0 Å². The number of methoxy groups -OCH3 is 1. The van der Waals surface area contributed by atoms with Crippen molar-refractivity contribution in [3.63, 3.8) is 0 Å². The van der Waals surface area contributed by atoms with E-state index in [4.69, 9.17) is 25.5 Å². The Labute approximate surface area is 194 Å². The number of hydrogen-bond acceptors (Lipinski definition) is 4. The maximum atomic E-state index is 12.4. The van der Waals surface area contributed by atoms with Gasteiger partial charge in [0, 0.05) is 46.3 Å². The summed E-state index contributed by atoms with van der Waals surface area (Å²) in [6.45, 7) is 9.05. The third kappa shape index (κ3) is 5.53. The number of nitrogens with one attached hydrogen (secondary N) is 1. The van der Waals surface area contributed by atoms with E-state index in [2.05, 4.69) is 5.32 Å². The highest BCUT2D eigenvalue weighted by atomic mass is 35.5. The summed E-state index contributed by atoms with van der Waals surface area (Å²) in [7, 11) is 1.63. The number of carbonyl (C=O) groups is 1. The third-order valence-corrected chi connectivity index (χ3v) is 5.50. The van der Waals surface area contributed by atoms with Crippen molar-refractivity contribution in [2.24, 2.45) is 0 Å². The fourth-order valence-electron chi connectivity index (χ4n) is 3.65. The summed E-state index contributed by atoms with van der Waals surface area (Å²) in [5, 5.41) is 4.56. The number of aryl methyl sites for hydroxylation is 1. The van der Waals surface area contributed by atoms with Crippen molar-refractivity contribution >= 4 is 34.1 Å². The van der Waals surface area contributed by atoms with Crippen molar-refractivity contribution < 1.29 is 18.7 Å². The molecule has 0 aliphatic heterocycles. The Morgan fingerprint density at radius 3 is 2.62 bits per heavy atom. The van der Waals surface area contributed by atoms with Crippen molar-refractivity contribution in [1.29, 1.82) is 0 Å². The molecule has 1 amide bonds. The van der Waals surface area contributed by atoms with Crippen LogP contribution in [0.15, 0.2) is 47.1 Å². The van der Waals surface area contributed by atoms with E-state index in [9.17, 15) is 4.79 Å². The Bertz CT molecular complexity index is 1110. The zero-order valence-electron chi connectivity index (χ0n) is 19.3. The Hall–Kier alpha value is -2.76. The smallest absolute Gasteiger partial charge is 0.244 e. The number of amides is 1. The number of hydrogen-bond donors (Lipinski definition) is 1. The molecule has 0 bridgehead atoms. The van der Waals surface area contributed by atoms with Gasteiger partial charge in [-0.1, -0.05) is 23.7 Å². The number of furan rings is 1. The van der Waals surface area contributed by atoms with E-state index >= 15 is 0 Å². The maximum absolute atomic E-state index is 12.4. The van der Waals surface area contributed by atoms with Gasteiger partial charge in [-0.15, -0.1) is 0 Å². The van der Waals surface area contributed by atoms with Crippen LogP contribution in [0.5, 0.6) is 5.75 Å². The Morgan fingerprint density at radius 2 is 1.97 bits per heavy atom. The number of carbonyl (C=O) groups excluding carboxylic acids is 1. The van der Waals surface area contributed by atoms with E-state index < -0.39 is 0 Å². The number of ether oxygens (including phenoxy) is 2. The van der Waals surface area contributed by atoms with Gasteiger partial charge < -0.3 is 19.2 Å². The van der Waals surface area contributed by atoms with Gasteiger partial charge in [0.15, 0.2) is 0 Å². The van der Waals surface area contributed by atoms with E-state index in [-0.39, 0.29) is 12.0 Å². The molecule has 2 aromatic carbocycles. The zero-order chi connectivity index (χ0) is 23.3. The highest BCUT2D eigenvalue weighted by molar-refractivity contribution is 6.30. The van der Waals surface area contributed by atoms with Crippen LogP contribution in [-0.2, 0) is 9.53 Å². The van der Waals surface area contributed by atoms with Crippen LogP contribution in [0.2, 0.25) is 5.02 Å². The number of halogens is 1. The molecular weight excluding hydrogens is 426 g/mol. The number of benzene rings is 2. The predicted octanol–water partition coefficient (Wildman–Crippen LogP) is 6.40. The lowest BCUT2D eigenvalue weighted by molar-refractivity contribution is -0.116. The first kappa shape index (κ1) is 23.9. The van der Waals surface area contributed by atoms with Crippen LogP contribution < -0.4 is 10.1 Å². The minimum atomic E-state index is -0.142. The summed E-state index contributed by atoms with van der Waals surface area (Å²) in [5.74, 6) is 0.554. The molecule has 0 atom stereocenters. The molecule has 1 N–H and O–H groups in total. The summed E-state index contributed by atoms with van der Waals surface area (Å²) in [4.78, 5) is 12.4. The van der Waals surface area contributed by atoms with Gasteiger partial charge in [-0.3, -0.25) is 4.79 Å². The molecule has 1 aromatic heterocycles. The van der Waals surface area contributed by atoms with Crippen LogP contribution in [0, 0.1) is 6.92 Å². The first-order valence-corrected chi connectivity index (χ1v) is 11.1. The highest BCUT2D eigenvalue weighted by Gasteiger charge is 2.18. The quantitative estimate of drug-likeness (QED) is 0.299. The average molecular weight is 456 g/mol. The van der Waals surface area contributed by atoms with E-state index in [1.165, 1.54) is 0 Å². The van der Waals surface area contributed by atoms with Crippen molar-refractivity contribution in [1.82, 2.24) is 5.32 Å². The van der Waals surface area contributed by atoms with Crippen molar-refractivity contribution in [3.05, 3.63) is 58.8 Å². The molecule has 170 valence electrons. The van der Waals surface area contributed by atoms with Crippen LogP contribution >= 0.6 is 11.6 Å². The molecule has 0 spiro atoms. The Kier molecular flexibility index (Phi) is 7.99. The molecule has 6 heteroatoms. The van der Waals surface area contributed by atoms with E-state index in [1.54, 1.807) is 19.4 Å². The average Bonchev–Trinajstić information content (AvgIpc) is 3.18. The van der Waals surface area contributed by atoms with Crippen LogP contribution in [-0.4, -0.2) is 32.3 Å². The maximum Gasteiger partial charge on any atom is 0.244 e.